The second kappa shape index (κ2) is 8.15. The fourth-order valence-electron chi connectivity index (χ4n) is 2.41. The molecule has 0 aliphatic rings. The Hall–Kier alpha value is -3.08. The summed E-state index contributed by atoms with van der Waals surface area (Å²) in [5.41, 5.74) is 2.88. The van der Waals surface area contributed by atoms with Gasteiger partial charge in [0.2, 0.25) is 0 Å². The number of rotatable bonds is 7. The molecule has 5 heteroatoms. The van der Waals surface area contributed by atoms with Crippen LogP contribution in [0.4, 0.5) is 0 Å². The number of nitrogens with zero attached hydrogens (tertiary/aromatic N) is 2. The normalized spacial score (nSPS) is 10.4. The van der Waals surface area contributed by atoms with Gasteiger partial charge in [0, 0.05) is 6.20 Å². The first-order valence-corrected chi connectivity index (χ1v) is 8.25. The molecule has 0 saturated heterocycles. The van der Waals surface area contributed by atoms with E-state index in [0.29, 0.717) is 25.3 Å². The summed E-state index contributed by atoms with van der Waals surface area (Å²) >= 11 is 0. The van der Waals surface area contributed by atoms with Gasteiger partial charge in [-0.1, -0.05) is 48.0 Å². The molecule has 1 aromatic heterocycles. The van der Waals surface area contributed by atoms with Crippen LogP contribution < -0.4 is 10.1 Å². The summed E-state index contributed by atoms with van der Waals surface area (Å²) in [6, 6.07) is 17.8. The third-order valence-electron chi connectivity index (χ3n) is 3.76. The molecule has 3 rings (SSSR count). The molecule has 0 atom stereocenters. The molecule has 1 N–H and O–H groups in total. The summed E-state index contributed by atoms with van der Waals surface area (Å²) in [6.07, 6.45) is 3.34. The molecule has 128 valence electrons. The maximum atomic E-state index is 12.1. The van der Waals surface area contributed by atoms with E-state index in [1.165, 1.54) is 5.56 Å². The molecule has 0 spiro atoms. The molecule has 0 aliphatic carbocycles. The van der Waals surface area contributed by atoms with Gasteiger partial charge in [-0.15, -0.1) is 0 Å². The molecule has 0 radical (unpaired) electrons. The molecular formula is C20H21N3O2. The monoisotopic (exact) mass is 335 g/mol. The van der Waals surface area contributed by atoms with E-state index in [-0.39, 0.29) is 5.91 Å². The predicted octanol–water partition coefficient (Wildman–Crippen LogP) is 3.05. The van der Waals surface area contributed by atoms with Crippen LogP contribution >= 0.6 is 0 Å². The number of aromatic nitrogens is 2. The quantitative estimate of drug-likeness (QED) is 0.675. The third-order valence-corrected chi connectivity index (χ3v) is 3.76. The van der Waals surface area contributed by atoms with Gasteiger partial charge in [-0.2, -0.15) is 5.10 Å². The molecule has 25 heavy (non-hydrogen) atoms. The van der Waals surface area contributed by atoms with Crippen LogP contribution in [0.25, 0.3) is 0 Å². The number of amides is 1. The Morgan fingerprint density at radius 2 is 1.88 bits per heavy atom. The number of benzene rings is 2. The lowest BCUT2D eigenvalue weighted by atomic mass is 10.2. The van der Waals surface area contributed by atoms with Crippen LogP contribution in [-0.4, -0.2) is 28.8 Å². The summed E-state index contributed by atoms with van der Waals surface area (Å²) in [5, 5.41) is 7.08. The first kappa shape index (κ1) is 16.8. The van der Waals surface area contributed by atoms with Gasteiger partial charge in [0.05, 0.1) is 24.8 Å². The average Bonchev–Trinajstić information content (AvgIpc) is 3.09. The predicted molar refractivity (Wildman–Crippen MR) is 96.8 cm³/mol. The zero-order valence-corrected chi connectivity index (χ0v) is 14.2. The Balaban J connectivity index is 1.44. The van der Waals surface area contributed by atoms with Crippen LogP contribution in [0.1, 0.15) is 21.5 Å². The summed E-state index contributed by atoms with van der Waals surface area (Å²) < 4.78 is 7.35. The maximum Gasteiger partial charge on any atom is 0.254 e. The number of carbonyl (C=O) groups excluding carboxylic acids is 1. The van der Waals surface area contributed by atoms with E-state index in [0.717, 1.165) is 11.3 Å². The van der Waals surface area contributed by atoms with E-state index >= 15 is 0 Å². The Morgan fingerprint density at radius 3 is 2.64 bits per heavy atom. The van der Waals surface area contributed by atoms with Crippen molar-refractivity contribution in [3.8, 4) is 5.75 Å². The number of ether oxygens (including phenoxy) is 1. The summed E-state index contributed by atoms with van der Waals surface area (Å²) in [4.78, 5) is 12.1. The lowest BCUT2D eigenvalue weighted by Crippen LogP contribution is -2.27. The van der Waals surface area contributed by atoms with E-state index < -0.39 is 0 Å². The van der Waals surface area contributed by atoms with Gasteiger partial charge in [0.25, 0.3) is 5.91 Å². The largest absolute Gasteiger partial charge is 0.492 e. The van der Waals surface area contributed by atoms with Gasteiger partial charge in [-0.3, -0.25) is 9.48 Å². The van der Waals surface area contributed by atoms with Crippen LogP contribution in [0, 0.1) is 6.92 Å². The zero-order chi connectivity index (χ0) is 17.5. The smallest absolute Gasteiger partial charge is 0.254 e. The van der Waals surface area contributed by atoms with Gasteiger partial charge in [0.15, 0.2) is 0 Å². The fourth-order valence-corrected chi connectivity index (χ4v) is 2.41. The number of hydrogen-bond donors (Lipinski definition) is 1. The van der Waals surface area contributed by atoms with Crippen molar-refractivity contribution >= 4 is 5.91 Å². The van der Waals surface area contributed by atoms with Gasteiger partial charge in [-0.25, -0.2) is 0 Å². The minimum atomic E-state index is -0.146. The molecule has 0 saturated carbocycles. The van der Waals surface area contributed by atoms with Crippen LogP contribution in [0.3, 0.4) is 0 Å². The molecule has 0 fully saturated rings. The average molecular weight is 335 g/mol. The Kier molecular flexibility index (Phi) is 5.46. The Morgan fingerprint density at radius 1 is 1.12 bits per heavy atom. The SMILES string of the molecule is Cc1ccc(OCCNC(=O)c2cnn(Cc3ccccc3)c2)cc1. The van der Waals surface area contributed by atoms with Gasteiger partial charge < -0.3 is 10.1 Å². The van der Waals surface area contributed by atoms with Crippen molar-refractivity contribution in [3.63, 3.8) is 0 Å². The zero-order valence-electron chi connectivity index (χ0n) is 14.2. The highest BCUT2D eigenvalue weighted by Crippen LogP contribution is 2.10. The van der Waals surface area contributed by atoms with Crippen molar-refractivity contribution in [3.05, 3.63) is 83.7 Å². The third kappa shape index (κ3) is 4.94. The number of hydrogen-bond acceptors (Lipinski definition) is 3. The van der Waals surface area contributed by atoms with Crippen LogP contribution in [-0.2, 0) is 6.54 Å². The van der Waals surface area contributed by atoms with Crippen molar-refractivity contribution in [1.82, 2.24) is 15.1 Å². The maximum absolute atomic E-state index is 12.1. The number of carbonyl (C=O) groups is 1. The molecule has 2 aromatic carbocycles. The van der Waals surface area contributed by atoms with Crippen molar-refractivity contribution in [2.24, 2.45) is 0 Å². The molecule has 5 nitrogen and oxygen atoms in total. The first-order chi connectivity index (χ1) is 12.2. The van der Waals surface area contributed by atoms with Crippen LogP contribution in [0.5, 0.6) is 5.75 Å². The van der Waals surface area contributed by atoms with Crippen LogP contribution in [0.2, 0.25) is 0 Å². The second-order valence-electron chi connectivity index (χ2n) is 5.83. The molecular weight excluding hydrogens is 314 g/mol. The van der Waals surface area contributed by atoms with E-state index in [1.54, 1.807) is 17.1 Å². The van der Waals surface area contributed by atoms with Crippen molar-refractivity contribution in [1.29, 1.82) is 0 Å². The van der Waals surface area contributed by atoms with Gasteiger partial charge in [-0.05, 0) is 24.6 Å². The molecule has 1 amide bonds. The molecule has 3 aromatic rings. The number of aryl methyl sites for hydroxylation is 1. The highest BCUT2D eigenvalue weighted by Gasteiger charge is 2.08. The second-order valence-corrected chi connectivity index (χ2v) is 5.83. The topological polar surface area (TPSA) is 56.1 Å². The van der Waals surface area contributed by atoms with E-state index in [1.807, 2.05) is 61.5 Å². The molecule has 0 unspecified atom stereocenters. The van der Waals surface area contributed by atoms with Crippen molar-refractivity contribution in [2.45, 2.75) is 13.5 Å². The van der Waals surface area contributed by atoms with Gasteiger partial charge in [0.1, 0.15) is 12.4 Å². The highest BCUT2D eigenvalue weighted by atomic mass is 16.5. The lowest BCUT2D eigenvalue weighted by Gasteiger charge is -2.07. The van der Waals surface area contributed by atoms with E-state index in [4.69, 9.17) is 4.74 Å². The molecule has 0 bridgehead atoms. The molecule has 0 aliphatic heterocycles. The summed E-state index contributed by atoms with van der Waals surface area (Å²) in [7, 11) is 0. The van der Waals surface area contributed by atoms with Crippen LogP contribution in [0.15, 0.2) is 67.0 Å². The first-order valence-electron chi connectivity index (χ1n) is 8.25. The number of nitrogens with one attached hydrogen (secondary N) is 1. The standard InChI is InChI=1S/C20H21N3O2/c1-16-7-9-19(10-8-16)25-12-11-21-20(24)18-13-22-23(15-18)14-17-5-3-2-4-6-17/h2-10,13,15H,11-12,14H2,1H3,(H,21,24). The Labute approximate surface area is 147 Å². The molecule has 1 heterocycles. The minimum Gasteiger partial charge on any atom is -0.492 e. The van der Waals surface area contributed by atoms with Crippen molar-refractivity contribution in [2.75, 3.05) is 13.2 Å². The highest BCUT2D eigenvalue weighted by molar-refractivity contribution is 5.93. The summed E-state index contributed by atoms with van der Waals surface area (Å²) in [6.45, 7) is 3.54. The van der Waals surface area contributed by atoms with Crippen molar-refractivity contribution < 1.29 is 9.53 Å². The summed E-state index contributed by atoms with van der Waals surface area (Å²) in [5.74, 6) is 0.655. The fraction of sp³-hybridized carbons (Fsp3) is 0.200. The van der Waals surface area contributed by atoms with E-state index in [2.05, 4.69) is 10.4 Å². The van der Waals surface area contributed by atoms with Gasteiger partial charge >= 0.3 is 0 Å². The lowest BCUT2D eigenvalue weighted by molar-refractivity contribution is 0.0947. The van der Waals surface area contributed by atoms with E-state index in [9.17, 15) is 4.79 Å². The Bertz CT molecular complexity index is 810. The minimum absolute atomic E-state index is 0.146.